The van der Waals surface area contributed by atoms with Crippen LogP contribution >= 0.6 is 0 Å². The Morgan fingerprint density at radius 3 is 2.28 bits per heavy atom. The highest BCUT2D eigenvalue weighted by atomic mass is 15.3. The fourth-order valence-electron chi connectivity index (χ4n) is 4.29. The van der Waals surface area contributed by atoms with Gasteiger partial charge in [-0.25, -0.2) is 9.97 Å². The number of rotatable bonds is 5. The SMILES string of the molecule is CC(C)CC(C)N1CCc2c(ncnc2N2CCN(C(C)C)CC2)C1. The van der Waals surface area contributed by atoms with E-state index in [1.807, 2.05) is 0 Å². The number of nitrogens with zero attached hydrogens (tertiary/aromatic N) is 5. The van der Waals surface area contributed by atoms with E-state index in [1.54, 1.807) is 6.33 Å². The van der Waals surface area contributed by atoms with Crippen LogP contribution in [0.5, 0.6) is 0 Å². The second-order valence-electron chi connectivity index (χ2n) is 8.44. The number of piperazine rings is 1. The molecule has 0 amide bonds. The van der Waals surface area contributed by atoms with Gasteiger partial charge in [-0.1, -0.05) is 13.8 Å². The highest BCUT2D eigenvalue weighted by Crippen LogP contribution is 2.28. The van der Waals surface area contributed by atoms with Crippen molar-refractivity contribution in [3.63, 3.8) is 0 Å². The standard InChI is InChI=1S/C20H35N5/c1-15(2)12-17(5)25-7-6-18-19(13-25)21-14-22-20(18)24-10-8-23(9-11-24)16(3)4/h14-17H,6-13H2,1-5H3. The van der Waals surface area contributed by atoms with E-state index >= 15 is 0 Å². The highest BCUT2D eigenvalue weighted by Gasteiger charge is 2.28. The summed E-state index contributed by atoms with van der Waals surface area (Å²) in [6, 6.07) is 1.26. The van der Waals surface area contributed by atoms with Crippen LogP contribution < -0.4 is 4.90 Å². The first kappa shape index (κ1) is 18.6. The number of hydrogen-bond acceptors (Lipinski definition) is 5. The summed E-state index contributed by atoms with van der Waals surface area (Å²) in [5.74, 6) is 1.94. The highest BCUT2D eigenvalue weighted by molar-refractivity contribution is 5.50. The summed E-state index contributed by atoms with van der Waals surface area (Å²) in [7, 11) is 0. The zero-order chi connectivity index (χ0) is 18.0. The molecular formula is C20H35N5. The van der Waals surface area contributed by atoms with Crippen molar-refractivity contribution in [2.75, 3.05) is 37.6 Å². The van der Waals surface area contributed by atoms with Gasteiger partial charge < -0.3 is 4.90 Å². The Hall–Kier alpha value is -1.20. The van der Waals surface area contributed by atoms with Crippen molar-refractivity contribution in [1.82, 2.24) is 19.8 Å². The topological polar surface area (TPSA) is 35.5 Å². The van der Waals surface area contributed by atoms with Gasteiger partial charge in [0.1, 0.15) is 12.1 Å². The molecule has 1 saturated heterocycles. The van der Waals surface area contributed by atoms with Crippen LogP contribution in [0, 0.1) is 5.92 Å². The Morgan fingerprint density at radius 1 is 0.920 bits per heavy atom. The number of fused-ring (bicyclic) bond motifs is 1. The molecule has 5 nitrogen and oxygen atoms in total. The van der Waals surface area contributed by atoms with Crippen LogP contribution in [0.15, 0.2) is 6.33 Å². The van der Waals surface area contributed by atoms with E-state index < -0.39 is 0 Å². The third-order valence-corrected chi connectivity index (χ3v) is 5.79. The molecule has 1 unspecified atom stereocenters. The molecule has 0 saturated carbocycles. The van der Waals surface area contributed by atoms with Crippen molar-refractivity contribution in [3.8, 4) is 0 Å². The maximum absolute atomic E-state index is 4.68. The van der Waals surface area contributed by atoms with Crippen LogP contribution in [0.1, 0.15) is 52.3 Å². The van der Waals surface area contributed by atoms with E-state index in [4.69, 9.17) is 0 Å². The summed E-state index contributed by atoms with van der Waals surface area (Å²) in [5.41, 5.74) is 2.65. The molecule has 3 heterocycles. The number of aromatic nitrogens is 2. The van der Waals surface area contributed by atoms with E-state index in [-0.39, 0.29) is 0 Å². The second-order valence-corrected chi connectivity index (χ2v) is 8.44. The van der Waals surface area contributed by atoms with Crippen molar-refractivity contribution in [2.24, 2.45) is 5.92 Å². The lowest BCUT2D eigenvalue weighted by molar-refractivity contribution is 0.167. The zero-order valence-electron chi connectivity index (χ0n) is 16.7. The Kier molecular flexibility index (Phi) is 5.95. The van der Waals surface area contributed by atoms with Crippen molar-refractivity contribution in [1.29, 1.82) is 0 Å². The van der Waals surface area contributed by atoms with Crippen molar-refractivity contribution < 1.29 is 0 Å². The van der Waals surface area contributed by atoms with Gasteiger partial charge in [0.2, 0.25) is 0 Å². The summed E-state index contributed by atoms with van der Waals surface area (Å²) in [5, 5.41) is 0. The van der Waals surface area contributed by atoms with Gasteiger partial charge in [-0.2, -0.15) is 0 Å². The minimum absolute atomic E-state index is 0.626. The first-order valence-corrected chi connectivity index (χ1v) is 10.0. The molecule has 0 spiro atoms. The average Bonchev–Trinajstić information content (AvgIpc) is 2.60. The van der Waals surface area contributed by atoms with Gasteiger partial charge in [0.25, 0.3) is 0 Å². The van der Waals surface area contributed by atoms with Gasteiger partial charge in [-0.15, -0.1) is 0 Å². The van der Waals surface area contributed by atoms with Crippen molar-refractivity contribution in [2.45, 2.75) is 66.1 Å². The van der Waals surface area contributed by atoms with E-state index in [0.29, 0.717) is 12.1 Å². The van der Waals surface area contributed by atoms with Crippen LogP contribution in [0.25, 0.3) is 0 Å². The molecule has 0 bridgehead atoms. The smallest absolute Gasteiger partial charge is 0.135 e. The van der Waals surface area contributed by atoms with Gasteiger partial charge in [-0.05, 0) is 39.5 Å². The quantitative estimate of drug-likeness (QED) is 0.820. The van der Waals surface area contributed by atoms with Crippen LogP contribution in [0.2, 0.25) is 0 Å². The fourth-order valence-corrected chi connectivity index (χ4v) is 4.29. The summed E-state index contributed by atoms with van der Waals surface area (Å²) in [6.07, 6.45) is 4.11. The van der Waals surface area contributed by atoms with Crippen LogP contribution in [-0.2, 0) is 13.0 Å². The zero-order valence-corrected chi connectivity index (χ0v) is 16.7. The molecule has 0 N–H and O–H groups in total. The van der Waals surface area contributed by atoms with Crippen molar-refractivity contribution >= 4 is 5.82 Å². The molecule has 5 heteroatoms. The minimum Gasteiger partial charge on any atom is -0.354 e. The number of anilines is 1. The molecule has 1 aromatic rings. The molecule has 0 radical (unpaired) electrons. The van der Waals surface area contributed by atoms with Crippen molar-refractivity contribution in [3.05, 3.63) is 17.6 Å². The van der Waals surface area contributed by atoms with Gasteiger partial charge in [0, 0.05) is 56.9 Å². The van der Waals surface area contributed by atoms with E-state index in [9.17, 15) is 0 Å². The monoisotopic (exact) mass is 345 g/mol. The molecule has 1 aromatic heterocycles. The van der Waals surface area contributed by atoms with Gasteiger partial charge in [-0.3, -0.25) is 9.80 Å². The van der Waals surface area contributed by atoms with E-state index in [2.05, 4.69) is 59.3 Å². The normalized spacial score (nSPS) is 21.0. The predicted molar refractivity (Wildman–Crippen MR) is 104 cm³/mol. The molecule has 140 valence electrons. The molecule has 3 rings (SSSR count). The molecule has 1 atom stereocenters. The van der Waals surface area contributed by atoms with Gasteiger partial charge in [0.15, 0.2) is 0 Å². The van der Waals surface area contributed by atoms with Crippen LogP contribution in [0.4, 0.5) is 5.82 Å². The molecule has 2 aliphatic heterocycles. The Labute approximate surface area is 153 Å². The second kappa shape index (κ2) is 8.00. The van der Waals surface area contributed by atoms with Crippen LogP contribution in [0.3, 0.4) is 0 Å². The summed E-state index contributed by atoms with van der Waals surface area (Å²) >= 11 is 0. The maximum atomic E-state index is 4.68. The van der Waals surface area contributed by atoms with Crippen LogP contribution in [-0.4, -0.2) is 64.6 Å². The third-order valence-electron chi connectivity index (χ3n) is 5.79. The molecule has 25 heavy (non-hydrogen) atoms. The average molecular weight is 346 g/mol. The molecule has 1 fully saturated rings. The fraction of sp³-hybridized carbons (Fsp3) is 0.800. The van der Waals surface area contributed by atoms with E-state index in [1.165, 1.54) is 23.5 Å². The molecular weight excluding hydrogens is 310 g/mol. The minimum atomic E-state index is 0.626. The lowest BCUT2D eigenvalue weighted by Crippen LogP contribution is -2.49. The summed E-state index contributed by atoms with van der Waals surface area (Å²) in [4.78, 5) is 16.9. The summed E-state index contributed by atoms with van der Waals surface area (Å²) in [6.45, 7) is 18.1. The molecule has 0 aromatic carbocycles. The van der Waals surface area contributed by atoms with E-state index in [0.717, 1.165) is 51.6 Å². The Bertz CT molecular complexity index is 563. The maximum Gasteiger partial charge on any atom is 0.135 e. The lowest BCUT2D eigenvalue weighted by atomic mass is 9.99. The summed E-state index contributed by atoms with van der Waals surface area (Å²) < 4.78 is 0. The Balaban J connectivity index is 1.69. The molecule has 2 aliphatic rings. The van der Waals surface area contributed by atoms with Gasteiger partial charge in [0.05, 0.1) is 5.69 Å². The lowest BCUT2D eigenvalue weighted by Gasteiger charge is -2.39. The predicted octanol–water partition coefficient (Wildman–Crippen LogP) is 2.80. The third kappa shape index (κ3) is 4.32. The Morgan fingerprint density at radius 2 is 1.64 bits per heavy atom. The number of hydrogen-bond donors (Lipinski definition) is 0. The largest absolute Gasteiger partial charge is 0.354 e. The first-order valence-electron chi connectivity index (χ1n) is 10.0. The van der Waals surface area contributed by atoms with Gasteiger partial charge >= 0.3 is 0 Å². The molecule has 0 aliphatic carbocycles. The first-order chi connectivity index (χ1) is 12.0.